The molecule has 0 aromatic heterocycles. The Bertz CT molecular complexity index is 572. The fraction of sp³-hybridized carbons (Fsp3) is 0.125. The fourth-order valence-electron chi connectivity index (χ4n) is 1.64. The standard InChI is InChI=1S/C16H14BrNO/c1-2-10-19-16-5-3-4-13(11-16)12-18-15-8-6-14(17)7-9-15/h1,3-9,11,18H,10,12H2. The van der Waals surface area contributed by atoms with Crippen molar-refractivity contribution in [3.63, 3.8) is 0 Å². The zero-order valence-corrected chi connectivity index (χ0v) is 12.0. The number of nitrogens with one attached hydrogen (secondary N) is 1. The van der Waals surface area contributed by atoms with E-state index in [0.717, 1.165) is 28.0 Å². The average molecular weight is 316 g/mol. The zero-order valence-electron chi connectivity index (χ0n) is 10.4. The molecule has 1 N–H and O–H groups in total. The predicted octanol–water partition coefficient (Wildman–Crippen LogP) is 4.07. The third-order valence-corrected chi connectivity index (χ3v) is 3.09. The molecule has 19 heavy (non-hydrogen) atoms. The molecule has 0 saturated carbocycles. The van der Waals surface area contributed by atoms with Gasteiger partial charge in [0.25, 0.3) is 0 Å². The van der Waals surface area contributed by atoms with Crippen molar-refractivity contribution in [1.29, 1.82) is 0 Å². The van der Waals surface area contributed by atoms with Crippen LogP contribution in [-0.4, -0.2) is 6.61 Å². The molecule has 2 aromatic rings. The average Bonchev–Trinajstić information content (AvgIpc) is 2.45. The maximum atomic E-state index is 5.39. The third kappa shape index (κ3) is 4.35. The van der Waals surface area contributed by atoms with E-state index in [-0.39, 0.29) is 0 Å². The fourth-order valence-corrected chi connectivity index (χ4v) is 1.91. The van der Waals surface area contributed by atoms with Gasteiger partial charge in [0.1, 0.15) is 12.4 Å². The van der Waals surface area contributed by atoms with Gasteiger partial charge in [0.15, 0.2) is 0 Å². The first-order valence-electron chi connectivity index (χ1n) is 5.92. The minimum absolute atomic E-state index is 0.295. The second kappa shape index (κ2) is 6.86. The highest BCUT2D eigenvalue weighted by Crippen LogP contribution is 2.17. The summed E-state index contributed by atoms with van der Waals surface area (Å²) >= 11 is 3.41. The van der Waals surface area contributed by atoms with Gasteiger partial charge < -0.3 is 10.1 Å². The van der Waals surface area contributed by atoms with Crippen molar-refractivity contribution in [3.05, 3.63) is 58.6 Å². The van der Waals surface area contributed by atoms with Crippen LogP contribution in [0.5, 0.6) is 5.75 Å². The molecule has 0 unspecified atom stereocenters. The summed E-state index contributed by atoms with van der Waals surface area (Å²) in [5, 5.41) is 3.35. The first-order chi connectivity index (χ1) is 9.28. The minimum atomic E-state index is 0.295. The Labute approximate surface area is 121 Å². The number of anilines is 1. The molecule has 0 radical (unpaired) electrons. The summed E-state index contributed by atoms with van der Waals surface area (Å²) in [6, 6.07) is 16.0. The highest BCUT2D eigenvalue weighted by molar-refractivity contribution is 9.10. The van der Waals surface area contributed by atoms with E-state index in [2.05, 4.69) is 33.2 Å². The monoisotopic (exact) mass is 315 g/mol. The number of hydrogen-bond acceptors (Lipinski definition) is 2. The van der Waals surface area contributed by atoms with Gasteiger partial charge in [-0.15, -0.1) is 6.42 Å². The van der Waals surface area contributed by atoms with Crippen molar-refractivity contribution in [2.45, 2.75) is 6.54 Å². The van der Waals surface area contributed by atoms with E-state index in [0.29, 0.717) is 6.61 Å². The number of rotatable bonds is 5. The quantitative estimate of drug-likeness (QED) is 0.840. The highest BCUT2D eigenvalue weighted by Gasteiger charge is 1.97. The molecule has 3 heteroatoms. The molecular formula is C16H14BrNO. The van der Waals surface area contributed by atoms with Crippen LogP contribution in [0.15, 0.2) is 53.0 Å². The molecule has 0 aliphatic heterocycles. The molecule has 2 aromatic carbocycles. The SMILES string of the molecule is C#CCOc1cccc(CNc2ccc(Br)cc2)c1. The van der Waals surface area contributed by atoms with Crippen molar-refractivity contribution < 1.29 is 4.74 Å². The van der Waals surface area contributed by atoms with E-state index in [1.54, 1.807) is 0 Å². The summed E-state index contributed by atoms with van der Waals surface area (Å²) in [4.78, 5) is 0. The molecule has 0 aliphatic carbocycles. The molecule has 2 nitrogen and oxygen atoms in total. The molecule has 0 spiro atoms. The molecule has 96 valence electrons. The Morgan fingerprint density at radius 2 is 1.95 bits per heavy atom. The number of ether oxygens (including phenoxy) is 1. The van der Waals surface area contributed by atoms with Gasteiger partial charge in [-0.2, -0.15) is 0 Å². The second-order valence-electron chi connectivity index (χ2n) is 4.00. The smallest absolute Gasteiger partial charge is 0.148 e. The van der Waals surface area contributed by atoms with Crippen LogP contribution in [0.2, 0.25) is 0 Å². The lowest BCUT2D eigenvalue weighted by molar-refractivity contribution is 0.370. The molecule has 0 amide bonds. The predicted molar refractivity (Wildman–Crippen MR) is 82.2 cm³/mol. The van der Waals surface area contributed by atoms with Crippen LogP contribution in [0.1, 0.15) is 5.56 Å². The second-order valence-corrected chi connectivity index (χ2v) is 4.92. The zero-order chi connectivity index (χ0) is 13.5. The van der Waals surface area contributed by atoms with Crippen molar-refractivity contribution in [2.24, 2.45) is 0 Å². The number of terminal acetylenes is 1. The first-order valence-corrected chi connectivity index (χ1v) is 6.72. The van der Waals surface area contributed by atoms with Gasteiger partial charge in [0, 0.05) is 16.7 Å². The Morgan fingerprint density at radius 3 is 2.68 bits per heavy atom. The minimum Gasteiger partial charge on any atom is -0.481 e. The van der Waals surface area contributed by atoms with Gasteiger partial charge in [0.05, 0.1) is 0 Å². The van der Waals surface area contributed by atoms with Gasteiger partial charge in [-0.3, -0.25) is 0 Å². The topological polar surface area (TPSA) is 21.3 Å². The lowest BCUT2D eigenvalue weighted by Crippen LogP contribution is -2.00. The summed E-state index contributed by atoms with van der Waals surface area (Å²) in [6.45, 7) is 1.04. The van der Waals surface area contributed by atoms with Crippen LogP contribution >= 0.6 is 15.9 Å². The number of hydrogen-bond donors (Lipinski definition) is 1. The molecule has 2 rings (SSSR count). The molecule has 0 heterocycles. The summed E-state index contributed by atoms with van der Waals surface area (Å²) in [7, 11) is 0. The van der Waals surface area contributed by atoms with E-state index < -0.39 is 0 Å². The van der Waals surface area contributed by atoms with Crippen LogP contribution < -0.4 is 10.1 Å². The van der Waals surface area contributed by atoms with Crippen molar-refractivity contribution in [1.82, 2.24) is 0 Å². The van der Waals surface area contributed by atoms with Crippen molar-refractivity contribution in [3.8, 4) is 18.1 Å². The largest absolute Gasteiger partial charge is 0.481 e. The van der Waals surface area contributed by atoms with E-state index in [4.69, 9.17) is 11.2 Å². The number of benzene rings is 2. The maximum absolute atomic E-state index is 5.39. The molecular weight excluding hydrogens is 302 g/mol. The van der Waals surface area contributed by atoms with E-state index >= 15 is 0 Å². The van der Waals surface area contributed by atoms with Crippen LogP contribution in [0.25, 0.3) is 0 Å². The van der Waals surface area contributed by atoms with Crippen LogP contribution in [0.3, 0.4) is 0 Å². The Kier molecular flexibility index (Phi) is 4.88. The van der Waals surface area contributed by atoms with Gasteiger partial charge in [-0.25, -0.2) is 0 Å². The highest BCUT2D eigenvalue weighted by atomic mass is 79.9. The summed E-state index contributed by atoms with van der Waals surface area (Å²) in [5.74, 6) is 3.26. The van der Waals surface area contributed by atoms with Crippen LogP contribution in [0.4, 0.5) is 5.69 Å². The first kappa shape index (κ1) is 13.5. The maximum Gasteiger partial charge on any atom is 0.148 e. The van der Waals surface area contributed by atoms with E-state index in [1.807, 2.05) is 42.5 Å². The lowest BCUT2D eigenvalue weighted by atomic mass is 10.2. The van der Waals surface area contributed by atoms with Crippen LogP contribution in [0, 0.1) is 12.3 Å². The number of halogens is 1. The van der Waals surface area contributed by atoms with Crippen molar-refractivity contribution in [2.75, 3.05) is 11.9 Å². The van der Waals surface area contributed by atoms with Crippen molar-refractivity contribution >= 4 is 21.6 Å². The van der Waals surface area contributed by atoms with Gasteiger partial charge in [0.2, 0.25) is 0 Å². The summed E-state index contributed by atoms with van der Waals surface area (Å²) in [6.07, 6.45) is 5.17. The Balaban J connectivity index is 1.95. The molecule has 0 saturated heterocycles. The van der Waals surface area contributed by atoms with Gasteiger partial charge in [-0.1, -0.05) is 34.0 Å². The Morgan fingerprint density at radius 1 is 1.16 bits per heavy atom. The van der Waals surface area contributed by atoms with Gasteiger partial charge >= 0.3 is 0 Å². The summed E-state index contributed by atoms with van der Waals surface area (Å²) < 4.78 is 6.47. The van der Waals surface area contributed by atoms with Crippen LogP contribution in [-0.2, 0) is 6.54 Å². The molecule has 0 bridgehead atoms. The molecule has 0 atom stereocenters. The summed E-state index contributed by atoms with van der Waals surface area (Å²) in [5.41, 5.74) is 2.23. The lowest BCUT2D eigenvalue weighted by Gasteiger charge is -2.08. The Hall–Kier alpha value is -1.92. The van der Waals surface area contributed by atoms with E-state index in [1.165, 1.54) is 0 Å². The molecule has 0 aliphatic rings. The molecule has 0 fully saturated rings. The van der Waals surface area contributed by atoms with Gasteiger partial charge in [-0.05, 0) is 42.0 Å². The normalized spacial score (nSPS) is 9.68. The van der Waals surface area contributed by atoms with E-state index in [9.17, 15) is 0 Å². The third-order valence-electron chi connectivity index (χ3n) is 2.56.